The Labute approximate surface area is 129 Å². The summed E-state index contributed by atoms with van der Waals surface area (Å²) in [6.45, 7) is 1.37. The van der Waals surface area contributed by atoms with E-state index in [2.05, 4.69) is 15.8 Å². The van der Waals surface area contributed by atoms with Gasteiger partial charge in [-0.15, -0.1) is 0 Å². The van der Waals surface area contributed by atoms with Crippen LogP contribution in [0, 0.1) is 0 Å². The van der Waals surface area contributed by atoms with Crippen molar-refractivity contribution in [2.45, 2.75) is 45.1 Å². The second kappa shape index (κ2) is 7.59. The van der Waals surface area contributed by atoms with Crippen LogP contribution in [-0.2, 0) is 16.0 Å². The summed E-state index contributed by atoms with van der Waals surface area (Å²) in [5.41, 5.74) is 4.39. The summed E-state index contributed by atoms with van der Waals surface area (Å²) >= 11 is 0. The molecule has 1 fully saturated rings. The fraction of sp³-hybridized carbons (Fsp3) is 0.438. The number of aromatic hydroxyl groups is 1. The molecule has 2 amide bonds. The van der Waals surface area contributed by atoms with E-state index in [1.54, 1.807) is 24.3 Å². The molecule has 0 aromatic heterocycles. The molecular weight excluding hydrogens is 282 g/mol. The van der Waals surface area contributed by atoms with Crippen LogP contribution in [0.1, 0.15) is 38.2 Å². The van der Waals surface area contributed by atoms with Crippen LogP contribution in [0.2, 0.25) is 0 Å². The van der Waals surface area contributed by atoms with Crippen LogP contribution < -0.4 is 10.7 Å². The number of hydrogen-bond donors (Lipinski definition) is 3. The predicted molar refractivity (Wildman–Crippen MR) is 83.5 cm³/mol. The molecule has 0 bridgehead atoms. The average molecular weight is 303 g/mol. The van der Waals surface area contributed by atoms with Crippen molar-refractivity contribution in [3.63, 3.8) is 0 Å². The molecule has 0 aliphatic heterocycles. The maximum atomic E-state index is 12.2. The summed E-state index contributed by atoms with van der Waals surface area (Å²) in [5, 5.41) is 16.1. The molecule has 0 spiro atoms. The molecule has 0 radical (unpaired) electrons. The summed E-state index contributed by atoms with van der Waals surface area (Å²) in [7, 11) is 0. The van der Waals surface area contributed by atoms with Gasteiger partial charge < -0.3 is 10.4 Å². The van der Waals surface area contributed by atoms with Crippen molar-refractivity contribution in [2.24, 2.45) is 5.10 Å². The van der Waals surface area contributed by atoms with E-state index in [-0.39, 0.29) is 17.6 Å². The highest BCUT2D eigenvalue weighted by Crippen LogP contribution is 2.14. The van der Waals surface area contributed by atoms with Crippen molar-refractivity contribution >= 4 is 17.5 Å². The minimum atomic E-state index is -0.687. The zero-order valence-electron chi connectivity index (χ0n) is 12.6. The van der Waals surface area contributed by atoms with Gasteiger partial charge in [0.15, 0.2) is 0 Å². The van der Waals surface area contributed by atoms with Gasteiger partial charge in [0, 0.05) is 19.1 Å². The number of benzene rings is 1. The molecule has 6 heteroatoms. The second-order valence-electron chi connectivity index (χ2n) is 5.48. The number of amides is 2. The molecule has 1 saturated carbocycles. The van der Waals surface area contributed by atoms with Gasteiger partial charge in [0.1, 0.15) is 11.8 Å². The van der Waals surface area contributed by atoms with E-state index >= 15 is 0 Å². The number of nitrogens with zero attached hydrogens (tertiary/aromatic N) is 1. The highest BCUT2D eigenvalue weighted by molar-refractivity contribution is 5.90. The van der Waals surface area contributed by atoms with Crippen LogP contribution >= 0.6 is 0 Å². The van der Waals surface area contributed by atoms with E-state index in [4.69, 9.17) is 0 Å². The summed E-state index contributed by atoms with van der Waals surface area (Å²) in [6.07, 6.45) is 4.40. The molecule has 1 aliphatic carbocycles. The Morgan fingerprint density at radius 2 is 1.86 bits per heavy atom. The fourth-order valence-electron chi connectivity index (χ4n) is 2.43. The SMILES string of the molecule is CC(=O)NC(Cc1ccc(O)cc1)C(=O)NN=C1CCCC1. The lowest BCUT2D eigenvalue weighted by Gasteiger charge is -2.16. The molecule has 6 nitrogen and oxygen atoms in total. The van der Waals surface area contributed by atoms with Crippen molar-refractivity contribution in [3.05, 3.63) is 29.8 Å². The maximum Gasteiger partial charge on any atom is 0.262 e. The van der Waals surface area contributed by atoms with Crippen LogP contribution in [0.3, 0.4) is 0 Å². The monoisotopic (exact) mass is 303 g/mol. The first kappa shape index (κ1) is 16.0. The molecule has 2 rings (SSSR count). The predicted octanol–water partition coefficient (Wildman–Crippen LogP) is 1.49. The zero-order valence-corrected chi connectivity index (χ0v) is 12.6. The zero-order chi connectivity index (χ0) is 15.9. The Bertz CT molecular complexity index is 559. The van der Waals surface area contributed by atoms with Crippen molar-refractivity contribution in [1.29, 1.82) is 0 Å². The maximum absolute atomic E-state index is 12.2. The van der Waals surface area contributed by atoms with E-state index in [1.165, 1.54) is 6.92 Å². The first-order valence-electron chi connectivity index (χ1n) is 7.45. The molecular formula is C16H21N3O3. The molecule has 1 atom stereocenters. The Hall–Kier alpha value is -2.37. The van der Waals surface area contributed by atoms with E-state index in [0.717, 1.165) is 37.0 Å². The van der Waals surface area contributed by atoms with Gasteiger partial charge in [-0.1, -0.05) is 12.1 Å². The van der Waals surface area contributed by atoms with Crippen LogP contribution in [0.5, 0.6) is 5.75 Å². The molecule has 1 unspecified atom stereocenters. The molecule has 0 saturated heterocycles. The number of carbonyl (C=O) groups excluding carboxylic acids is 2. The number of hydrazone groups is 1. The topological polar surface area (TPSA) is 90.8 Å². The number of carbonyl (C=O) groups is 2. The Morgan fingerprint density at radius 3 is 2.45 bits per heavy atom. The van der Waals surface area contributed by atoms with Crippen LogP contribution in [-0.4, -0.2) is 28.7 Å². The van der Waals surface area contributed by atoms with Crippen molar-refractivity contribution in [3.8, 4) is 5.75 Å². The van der Waals surface area contributed by atoms with Gasteiger partial charge in [0.25, 0.3) is 5.91 Å². The molecule has 1 aromatic carbocycles. The van der Waals surface area contributed by atoms with Gasteiger partial charge in [-0.05, 0) is 43.4 Å². The van der Waals surface area contributed by atoms with Gasteiger partial charge in [0.2, 0.25) is 5.91 Å². The molecule has 1 aliphatic rings. The van der Waals surface area contributed by atoms with Crippen LogP contribution in [0.15, 0.2) is 29.4 Å². The van der Waals surface area contributed by atoms with Gasteiger partial charge in [0.05, 0.1) is 0 Å². The highest BCUT2D eigenvalue weighted by atomic mass is 16.3. The lowest BCUT2D eigenvalue weighted by molar-refractivity contribution is -0.128. The smallest absolute Gasteiger partial charge is 0.262 e. The first-order valence-corrected chi connectivity index (χ1v) is 7.45. The van der Waals surface area contributed by atoms with E-state index in [0.29, 0.717) is 6.42 Å². The normalized spacial score (nSPS) is 15.2. The second-order valence-corrected chi connectivity index (χ2v) is 5.48. The average Bonchev–Trinajstić information content (AvgIpc) is 2.99. The largest absolute Gasteiger partial charge is 0.508 e. The molecule has 22 heavy (non-hydrogen) atoms. The van der Waals surface area contributed by atoms with Crippen LogP contribution in [0.25, 0.3) is 0 Å². The summed E-state index contributed by atoms with van der Waals surface area (Å²) in [4.78, 5) is 23.5. The number of phenols is 1. The summed E-state index contributed by atoms with van der Waals surface area (Å²) in [5.74, 6) is -0.438. The van der Waals surface area contributed by atoms with E-state index in [9.17, 15) is 14.7 Å². The third kappa shape index (κ3) is 4.87. The van der Waals surface area contributed by atoms with Crippen molar-refractivity contribution < 1.29 is 14.7 Å². The number of phenolic OH excluding ortho intramolecular Hbond substituents is 1. The van der Waals surface area contributed by atoms with Crippen molar-refractivity contribution in [1.82, 2.24) is 10.7 Å². The molecule has 118 valence electrons. The Kier molecular flexibility index (Phi) is 5.52. The third-order valence-corrected chi connectivity index (χ3v) is 3.58. The highest BCUT2D eigenvalue weighted by Gasteiger charge is 2.20. The minimum absolute atomic E-state index is 0.164. The molecule has 1 aromatic rings. The van der Waals surface area contributed by atoms with Gasteiger partial charge in [-0.25, -0.2) is 5.43 Å². The van der Waals surface area contributed by atoms with Crippen molar-refractivity contribution in [2.75, 3.05) is 0 Å². The number of hydrogen-bond acceptors (Lipinski definition) is 4. The lowest BCUT2D eigenvalue weighted by Crippen LogP contribution is -2.46. The number of rotatable bonds is 5. The summed E-state index contributed by atoms with van der Waals surface area (Å²) < 4.78 is 0. The van der Waals surface area contributed by atoms with Gasteiger partial charge in [-0.2, -0.15) is 5.10 Å². The lowest BCUT2D eigenvalue weighted by atomic mass is 10.1. The quantitative estimate of drug-likeness (QED) is 0.720. The van der Waals surface area contributed by atoms with Crippen LogP contribution in [0.4, 0.5) is 0 Å². The van der Waals surface area contributed by atoms with E-state index < -0.39 is 6.04 Å². The Morgan fingerprint density at radius 1 is 1.23 bits per heavy atom. The fourth-order valence-corrected chi connectivity index (χ4v) is 2.43. The third-order valence-electron chi connectivity index (χ3n) is 3.58. The summed E-state index contributed by atoms with van der Waals surface area (Å²) in [6, 6.07) is 5.86. The standard InChI is InChI=1S/C16H21N3O3/c1-11(20)17-15(10-12-6-8-14(21)9-7-12)16(22)19-18-13-4-2-3-5-13/h6-9,15,21H,2-5,10H2,1H3,(H,17,20)(H,19,22). The minimum Gasteiger partial charge on any atom is -0.508 e. The molecule has 3 N–H and O–H groups in total. The van der Waals surface area contributed by atoms with Gasteiger partial charge in [-0.3, -0.25) is 9.59 Å². The first-order chi connectivity index (χ1) is 10.5. The Balaban J connectivity index is 2.00. The molecule has 0 heterocycles. The van der Waals surface area contributed by atoms with Gasteiger partial charge >= 0.3 is 0 Å². The number of nitrogens with one attached hydrogen (secondary N) is 2. The van der Waals surface area contributed by atoms with E-state index in [1.807, 2.05) is 0 Å².